The monoisotopic (exact) mass is 317 g/mol. The lowest BCUT2D eigenvalue weighted by molar-refractivity contribution is -0.122. The van der Waals surface area contributed by atoms with Crippen LogP contribution in [0.1, 0.15) is 11.3 Å². The van der Waals surface area contributed by atoms with Crippen LogP contribution in [-0.2, 0) is 16.1 Å². The van der Waals surface area contributed by atoms with Crippen molar-refractivity contribution in [2.75, 3.05) is 19.8 Å². The minimum Gasteiger partial charge on any atom is -0.378 e. The van der Waals surface area contributed by atoms with E-state index in [-0.39, 0.29) is 11.9 Å². The molecule has 6 heteroatoms. The molecule has 0 aliphatic carbocycles. The molecule has 0 unspecified atom stereocenters. The lowest BCUT2D eigenvalue weighted by Gasteiger charge is -2.23. The van der Waals surface area contributed by atoms with Crippen molar-refractivity contribution in [2.45, 2.75) is 19.0 Å². The quantitative estimate of drug-likeness (QED) is 0.883. The smallest absolute Gasteiger partial charge is 0.221 e. The van der Waals surface area contributed by atoms with Crippen LogP contribution < -0.4 is 10.6 Å². The first-order valence-corrected chi connectivity index (χ1v) is 8.21. The zero-order chi connectivity index (χ0) is 15.2. The van der Waals surface area contributed by atoms with Crippen molar-refractivity contribution >= 4 is 17.2 Å². The van der Waals surface area contributed by atoms with Crippen molar-refractivity contribution in [3.8, 4) is 10.6 Å². The number of morpholine rings is 1. The molecule has 1 aliphatic rings. The Morgan fingerprint density at radius 2 is 2.36 bits per heavy atom. The van der Waals surface area contributed by atoms with Gasteiger partial charge in [-0.05, 0) is 24.3 Å². The number of nitrogens with zero attached hydrogens (tertiary/aromatic N) is 1. The number of amides is 1. The number of thiophene rings is 1. The van der Waals surface area contributed by atoms with E-state index in [1.807, 2.05) is 30.3 Å². The number of ether oxygens (including phenoxy) is 1. The van der Waals surface area contributed by atoms with E-state index in [9.17, 15) is 4.79 Å². The normalized spacial score (nSPS) is 18.1. The molecule has 3 rings (SSSR count). The number of pyridine rings is 1. The molecular formula is C16H19N3O2S. The van der Waals surface area contributed by atoms with E-state index < -0.39 is 0 Å². The Morgan fingerprint density at radius 3 is 3.14 bits per heavy atom. The van der Waals surface area contributed by atoms with E-state index >= 15 is 0 Å². The second-order valence-corrected chi connectivity index (χ2v) is 6.36. The van der Waals surface area contributed by atoms with E-state index in [4.69, 9.17) is 4.74 Å². The van der Waals surface area contributed by atoms with Crippen molar-refractivity contribution in [1.82, 2.24) is 15.6 Å². The van der Waals surface area contributed by atoms with Gasteiger partial charge in [0, 0.05) is 30.1 Å². The molecule has 0 spiro atoms. The third kappa shape index (κ3) is 4.13. The fourth-order valence-electron chi connectivity index (χ4n) is 2.35. The molecule has 0 aromatic carbocycles. The van der Waals surface area contributed by atoms with Crippen molar-refractivity contribution < 1.29 is 9.53 Å². The van der Waals surface area contributed by atoms with Gasteiger partial charge in [0.2, 0.25) is 5.91 Å². The molecule has 1 fully saturated rings. The third-order valence-electron chi connectivity index (χ3n) is 3.47. The van der Waals surface area contributed by atoms with Crippen molar-refractivity contribution in [3.63, 3.8) is 0 Å². The Kier molecular flexibility index (Phi) is 5.15. The first-order valence-electron chi connectivity index (χ1n) is 7.39. The summed E-state index contributed by atoms with van der Waals surface area (Å²) in [6.07, 6.45) is 2.24. The molecule has 2 N–H and O–H groups in total. The molecule has 2 aromatic rings. The number of carbonyl (C=O) groups is 1. The summed E-state index contributed by atoms with van der Waals surface area (Å²) in [5, 5.41) is 6.25. The summed E-state index contributed by atoms with van der Waals surface area (Å²) in [5.41, 5.74) is 0.966. The first kappa shape index (κ1) is 15.1. The zero-order valence-corrected chi connectivity index (χ0v) is 13.1. The standard InChI is InChI=1S/C16H19N3O2S/c20-16(9-12-11-21-8-7-17-12)19-10-13-4-5-15(22-13)14-3-1-2-6-18-14/h1-6,12,17H,7-11H2,(H,19,20)/t12-/m1/s1. The molecule has 1 aliphatic heterocycles. The van der Waals surface area contributed by atoms with E-state index in [1.54, 1.807) is 17.5 Å². The van der Waals surface area contributed by atoms with Gasteiger partial charge in [-0.2, -0.15) is 0 Å². The lowest BCUT2D eigenvalue weighted by Crippen LogP contribution is -2.44. The second-order valence-electron chi connectivity index (χ2n) is 5.19. The number of nitrogens with one attached hydrogen (secondary N) is 2. The highest BCUT2D eigenvalue weighted by Gasteiger charge is 2.16. The number of rotatable bonds is 5. The molecular weight excluding hydrogens is 298 g/mol. The predicted molar refractivity (Wildman–Crippen MR) is 86.6 cm³/mol. The highest BCUT2D eigenvalue weighted by molar-refractivity contribution is 7.15. The van der Waals surface area contributed by atoms with Gasteiger partial charge in [-0.1, -0.05) is 6.07 Å². The summed E-state index contributed by atoms with van der Waals surface area (Å²) < 4.78 is 5.35. The van der Waals surface area contributed by atoms with E-state index in [1.165, 1.54) is 0 Å². The zero-order valence-electron chi connectivity index (χ0n) is 12.2. The average Bonchev–Trinajstić information content (AvgIpc) is 3.04. The Balaban J connectivity index is 1.49. The maximum absolute atomic E-state index is 11.9. The van der Waals surface area contributed by atoms with Gasteiger partial charge in [0.15, 0.2) is 0 Å². The topological polar surface area (TPSA) is 63.2 Å². The van der Waals surface area contributed by atoms with Gasteiger partial charge in [0.1, 0.15) is 0 Å². The maximum atomic E-state index is 11.9. The van der Waals surface area contributed by atoms with Crippen LogP contribution in [0.5, 0.6) is 0 Å². The molecule has 2 aromatic heterocycles. The molecule has 1 saturated heterocycles. The van der Waals surface area contributed by atoms with Gasteiger partial charge in [-0.15, -0.1) is 11.3 Å². The number of hydrogen-bond acceptors (Lipinski definition) is 5. The molecule has 5 nitrogen and oxygen atoms in total. The number of hydrogen-bond donors (Lipinski definition) is 2. The van der Waals surface area contributed by atoms with Crippen LogP contribution in [0.25, 0.3) is 10.6 Å². The lowest BCUT2D eigenvalue weighted by atomic mass is 10.2. The summed E-state index contributed by atoms with van der Waals surface area (Å²) in [6, 6.07) is 10.1. The van der Waals surface area contributed by atoms with Crippen molar-refractivity contribution in [1.29, 1.82) is 0 Å². The van der Waals surface area contributed by atoms with E-state index in [0.29, 0.717) is 19.6 Å². The SMILES string of the molecule is O=C(C[C@@H]1COCCN1)NCc1ccc(-c2ccccn2)s1. The van der Waals surface area contributed by atoms with Gasteiger partial charge in [0.25, 0.3) is 0 Å². The van der Waals surface area contributed by atoms with Gasteiger partial charge in [-0.3, -0.25) is 9.78 Å². The molecule has 0 radical (unpaired) electrons. The third-order valence-corrected chi connectivity index (χ3v) is 4.58. The van der Waals surface area contributed by atoms with Gasteiger partial charge < -0.3 is 15.4 Å². The highest BCUT2D eigenvalue weighted by Crippen LogP contribution is 2.26. The van der Waals surface area contributed by atoms with Crippen LogP contribution in [0.3, 0.4) is 0 Å². The van der Waals surface area contributed by atoms with Crippen LogP contribution in [0.15, 0.2) is 36.5 Å². The Labute approximate surface area is 133 Å². The van der Waals surface area contributed by atoms with Gasteiger partial charge >= 0.3 is 0 Å². The summed E-state index contributed by atoms with van der Waals surface area (Å²) in [6.45, 7) is 2.71. The van der Waals surface area contributed by atoms with E-state index in [0.717, 1.165) is 28.6 Å². The van der Waals surface area contributed by atoms with Crippen molar-refractivity contribution in [2.24, 2.45) is 0 Å². The van der Waals surface area contributed by atoms with Crippen molar-refractivity contribution in [3.05, 3.63) is 41.4 Å². The molecule has 0 saturated carbocycles. The average molecular weight is 317 g/mol. The van der Waals surface area contributed by atoms with Crippen LogP contribution in [0.2, 0.25) is 0 Å². The summed E-state index contributed by atoms with van der Waals surface area (Å²) >= 11 is 1.66. The highest BCUT2D eigenvalue weighted by atomic mass is 32.1. The largest absolute Gasteiger partial charge is 0.378 e. The Morgan fingerprint density at radius 1 is 1.41 bits per heavy atom. The fourth-order valence-corrected chi connectivity index (χ4v) is 3.28. The second kappa shape index (κ2) is 7.49. The van der Waals surface area contributed by atoms with Crippen LogP contribution in [0, 0.1) is 0 Å². The van der Waals surface area contributed by atoms with Crippen LogP contribution >= 0.6 is 11.3 Å². The van der Waals surface area contributed by atoms with E-state index in [2.05, 4.69) is 15.6 Å². The molecule has 22 heavy (non-hydrogen) atoms. The summed E-state index contributed by atoms with van der Waals surface area (Å²) in [7, 11) is 0. The Hall–Kier alpha value is -1.76. The maximum Gasteiger partial charge on any atom is 0.221 e. The molecule has 116 valence electrons. The Bertz CT molecular complexity index is 609. The van der Waals surface area contributed by atoms with Gasteiger partial charge in [0.05, 0.1) is 30.3 Å². The molecule has 0 bridgehead atoms. The number of carbonyl (C=O) groups excluding carboxylic acids is 1. The summed E-state index contributed by atoms with van der Waals surface area (Å²) in [5.74, 6) is 0.0517. The minimum absolute atomic E-state index is 0.0517. The number of aromatic nitrogens is 1. The molecule has 3 heterocycles. The minimum atomic E-state index is 0.0517. The molecule has 1 amide bonds. The first-order chi connectivity index (χ1) is 10.8. The summed E-state index contributed by atoms with van der Waals surface area (Å²) in [4.78, 5) is 18.5. The fraction of sp³-hybridized carbons (Fsp3) is 0.375. The predicted octanol–water partition coefficient (Wildman–Crippen LogP) is 1.80. The molecule has 1 atom stereocenters. The van der Waals surface area contributed by atoms with Crippen LogP contribution in [0.4, 0.5) is 0 Å². The van der Waals surface area contributed by atoms with Crippen LogP contribution in [-0.4, -0.2) is 36.7 Å². The van der Waals surface area contributed by atoms with Gasteiger partial charge in [-0.25, -0.2) is 0 Å².